The molecule has 148 valence electrons. The molecule has 9 heteroatoms. The van der Waals surface area contributed by atoms with Crippen LogP contribution in [0, 0.1) is 13.8 Å². The van der Waals surface area contributed by atoms with Crippen molar-refractivity contribution in [3.63, 3.8) is 0 Å². The van der Waals surface area contributed by atoms with E-state index in [2.05, 4.69) is 51.6 Å². The molecule has 4 aromatic rings. The molecule has 0 unspecified atom stereocenters. The normalized spacial score (nSPS) is 10.9. The molecule has 0 amide bonds. The number of para-hydroxylation sites is 1. The zero-order valence-corrected chi connectivity index (χ0v) is 17.8. The van der Waals surface area contributed by atoms with Crippen molar-refractivity contribution in [2.45, 2.75) is 23.9 Å². The predicted molar refractivity (Wildman–Crippen MR) is 115 cm³/mol. The van der Waals surface area contributed by atoms with E-state index >= 15 is 0 Å². The number of hydrogen-bond donors (Lipinski definition) is 1. The lowest BCUT2D eigenvalue weighted by Crippen LogP contribution is -1.91. The first-order chi connectivity index (χ1) is 14.1. The van der Waals surface area contributed by atoms with Gasteiger partial charge in [-0.1, -0.05) is 46.5 Å². The van der Waals surface area contributed by atoms with Crippen molar-refractivity contribution in [3.05, 3.63) is 59.5 Å². The minimum absolute atomic E-state index is 0.507. The van der Waals surface area contributed by atoms with Gasteiger partial charge in [-0.2, -0.15) is 4.98 Å². The zero-order valence-electron chi connectivity index (χ0n) is 16.2. The highest BCUT2D eigenvalue weighted by Gasteiger charge is 2.14. The third kappa shape index (κ3) is 4.57. The molecule has 4 rings (SSSR count). The third-order valence-electron chi connectivity index (χ3n) is 4.30. The van der Waals surface area contributed by atoms with Crippen molar-refractivity contribution in [2.24, 2.45) is 0 Å². The first kappa shape index (κ1) is 19.4. The van der Waals surface area contributed by atoms with E-state index in [1.807, 2.05) is 30.3 Å². The minimum Gasteiger partial charge on any atom is -0.496 e. The molecule has 0 aliphatic rings. The summed E-state index contributed by atoms with van der Waals surface area (Å²) in [6, 6.07) is 13.8. The second-order valence-corrected chi connectivity index (χ2v) is 8.50. The van der Waals surface area contributed by atoms with E-state index in [1.54, 1.807) is 7.11 Å². The lowest BCUT2D eigenvalue weighted by Gasteiger charge is -2.05. The van der Waals surface area contributed by atoms with Gasteiger partial charge in [-0.3, -0.25) is 0 Å². The molecule has 0 saturated carbocycles. The zero-order chi connectivity index (χ0) is 20.2. The molecular weight excluding hydrogens is 406 g/mol. The lowest BCUT2D eigenvalue weighted by molar-refractivity contribution is 0.390. The monoisotopic (exact) mass is 425 g/mol. The van der Waals surface area contributed by atoms with Crippen molar-refractivity contribution < 1.29 is 9.26 Å². The number of aryl methyl sites for hydroxylation is 2. The number of hydrogen-bond acceptors (Lipinski definition) is 9. The highest BCUT2D eigenvalue weighted by molar-refractivity contribution is 8.00. The van der Waals surface area contributed by atoms with Crippen LogP contribution in [0.15, 0.2) is 51.3 Å². The van der Waals surface area contributed by atoms with E-state index in [9.17, 15) is 0 Å². The van der Waals surface area contributed by atoms with Crippen molar-refractivity contribution in [1.82, 2.24) is 20.3 Å². The molecule has 2 aromatic heterocycles. The summed E-state index contributed by atoms with van der Waals surface area (Å²) in [7, 11) is 1.62. The van der Waals surface area contributed by atoms with E-state index in [-0.39, 0.29) is 0 Å². The van der Waals surface area contributed by atoms with Gasteiger partial charge in [-0.15, -0.1) is 10.2 Å². The molecule has 0 aliphatic heterocycles. The number of benzene rings is 2. The van der Waals surface area contributed by atoms with Gasteiger partial charge >= 0.3 is 0 Å². The van der Waals surface area contributed by atoms with Crippen molar-refractivity contribution in [1.29, 1.82) is 0 Å². The van der Waals surface area contributed by atoms with Crippen molar-refractivity contribution in [3.8, 4) is 17.1 Å². The molecule has 0 bridgehead atoms. The van der Waals surface area contributed by atoms with Gasteiger partial charge in [-0.05, 0) is 49.2 Å². The van der Waals surface area contributed by atoms with E-state index in [0.717, 1.165) is 20.7 Å². The average Bonchev–Trinajstić information content (AvgIpc) is 3.38. The van der Waals surface area contributed by atoms with Gasteiger partial charge < -0.3 is 14.6 Å². The number of aromatic nitrogens is 4. The smallest absolute Gasteiger partial charge is 0.237 e. The third-order valence-corrected chi connectivity index (χ3v) is 6.26. The summed E-state index contributed by atoms with van der Waals surface area (Å²) >= 11 is 2.99. The van der Waals surface area contributed by atoms with Gasteiger partial charge in [0.1, 0.15) is 5.75 Å². The van der Waals surface area contributed by atoms with Crippen molar-refractivity contribution in [2.75, 3.05) is 12.4 Å². The second kappa shape index (κ2) is 8.62. The summed E-state index contributed by atoms with van der Waals surface area (Å²) in [6.45, 7) is 4.18. The Hall–Kier alpha value is -2.91. The van der Waals surface area contributed by atoms with Gasteiger partial charge in [0.15, 0.2) is 4.34 Å². The largest absolute Gasteiger partial charge is 0.496 e. The van der Waals surface area contributed by atoms with E-state index in [0.29, 0.717) is 23.2 Å². The summed E-state index contributed by atoms with van der Waals surface area (Å²) in [6.07, 6.45) is 0. The maximum atomic E-state index is 5.37. The molecular formula is C20H19N5O2S2. The SMILES string of the molecule is COc1ccccc1-c1noc(CSc2nnc(Nc3ccc(C)c(C)c3)s2)n1. The number of nitrogens with zero attached hydrogens (tertiary/aromatic N) is 4. The molecule has 2 heterocycles. The summed E-state index contributed by atoms with van der Waals surface area (Å²) in [5, 5.41) is 16.5. The minimum atomic E-state index is 0.507. The van der Waals surface area contributed by atoms with Crippen LogP contribution in [0.25, 0.3) is 11.4 Å². The Morgan fingerprint density at radius 3 is 2.79 bits per heavy atom. The van der Waals surface area contributed by atoms with E-state index in [1.165, 1.54) is 34.2 Å². The van der Waals surface area contributed by atoms with Crippen LogP contribution in [0.1, 0.15) is 17.0 Å². The Labute approximate surface area is 176 Å². The number of nitrogens with one attached hydrogen (secondary N) is 1. The van der Waals surface area contributed by atoms with Gasteiger partial charge in [0.05, 0.1) is 18.4 Å². The number of anilines is 2. The average molecular weight is 426 g/mol. The molecule has 1 N–H and O–H groups in total. The molecule has 7 nitrogen and oxygen atoms in total. The molecule has 0 saturated heterocycles. The predicted octanol–water partition coefficient (Wildman–Crippen LogP) is 5.25. The van der Waals surface area contributed by atoms with Crippen LogP contribution in [0.5, 0.6) is 5.75 Å². The van der Waals surface area contributed by atoms with Crippen LogP contribution < -0.4 is 10.1 Å². The summed E-state index contributed by atoms with van der Waals surface area (Å²) in [4.78, 5) is 4.46. The van der Waals surface area contributed by atoms with E-state index < -0.39 is 0 Å². The molecule has 0 spiro atoms. The van der Waals surface area contributed by atoms with Crippen molar-refractivity contribution >= 4 is 33.9 Å². The number of rotatable bonds is 7. The lowest BCUT2D eigenvalue weighted by atomic mass is 10.1. The Morgan fingerprint density at radius 1 is 1.10 bits per heavy atom. The molecule has 0 radical (unpaired) electrons. The molecule has 0 atom stereocenters. The van der Waals surface area contributed by atoms with Crippen LogP contribution in [-0.2, 0) is 5.75 Å². The molecule has 0 fully saturated rings. The summed E-state index contributed by atoms with van der Waals surface area (Å²) < 4.78 is 11.6. The second-order valence-electron chi connectivity index (χ2n) is 6.30. The summed E-state index contributed by atoms with van der Waals surface area (Å²) in [5.74, 6) is 2.25. The quantitative estimate of drug-likeness (QED) is 0.402. The van der Waals surface area contributed by atoms with E-state index in [4.69, 9.17) is 9.26 Å². The van der Waals surface area contributed by atoms with Gasteiger partial charge in [0.25, 0.3) is 0 Å². The fraction of sp³-hybridized carbons (Fsp3) is 0.200. The number of ether oxygens (including phenoxy) is 1. The fourth-order valence-corrected chi connectivity index (χ4v) is 4.25. The van der Waals surface area contributed by atoms with Crippen LogP contribution in [-0.4, -0.2) is 27.4 Å². The van der Waals surface area contributed by atoms with Gasteiger partial charge in [-0.25, -0.2) is 0 Å². The molecule has 2 aromatic carbocycles. The van der Waals surface area contributed by atoms with Crippen LogP contribution in [0.4, 0.5) is 10.8 Å². The van der Waals surface area contributed by atoms with Crippen LogP contribution in [0.3, 0.4) is 0 Å². The topological polar surface area (TPSA) is 86.0 Å². The van der Waals surface area contributed by atoms with Crippen LogP contribution in [0.2, 0.25) is 0 Å². The van der Waals surface area contributed by atoms with Crippen LogP contribution >= 0.6 is 23.1 Å². The molecule has 29 heavy (non-hydrogen) atoms. The van der Waals surface area contributed by atoms with Gasteiger partial charge in [0, 0.05) is 5.69 Å². The maximum absolute atomic E-state index is 5.37. The first-order valence-corrected chi connectivity index (χ1v) is 10.7. The maximum Gasteiger partial charge on any atom is 0.237 e. The Kier molecular flexibility index (Phi) is 5.77. The highest BCUT2D eigenvalue weighted by Crippen LogP contribution is 2.31. The number of methoxy groups -OCH3 is 1. The Morgan fingerprint density at radius 2 is 1.97 bits per heavy atom. The number of thioether (sulfide) groups is 1. The van der Waals surface area contributed by atoms with Gasteiger partial charge in [0.2, 0.25) is 16.8 Å². The Bertz CT molecular complexity index is 1130. The molecule has 0 aliphatic carbocycles. The summed E-state index contributed by atoms with van der Waals surface area (Å²) in [5.41, 5.74) is 4.29. The standard InChI is InChI=1S/C20H19N5O2S2/c1-12-8-9-14(10-13(12)2)21-19-23-24-20(29-19)28-11-17-22-18(25-27-17)15-6-4-5-7-16(15)26-3/h4-10H,11H2,1-3H3,(H,21,23). The fourth-order valence-electron chi connectivity index (χ4n) is 2.64. The first-order valence-electron chi connectivity index (χ1n) is 8.89. The Balaban J connectivity index is 1.39. The highest BCUT2D eigenvalue weighted by atomic mass is 32.2.